The van der Waals surface area contributed by atoms with E-state index >= 15 is 0 Å². The normalized spacial score (nSPS) is 12.1. The summed E-state index contributed by atoms with van der Waals surface area (Å²) in [6.45, 7) is 3.78. The van der Waals surface area contributed by atoms with Gasteiger partial charge in [0.05, 0.1) is 0 Å². The Labute approximate surface area is 152 Å². The molecule has 2 aromatic rings. The van der Waals surface area contributed by atoms with Crippen molar-refractivity contribution in [2.45, 2.75) is 33.0 Å². The first kappa shape index (κ1) is 19.1. The molecule has 0 bridgehead atoms. The minimum Gasteiger partial charge on any atom is -0.244 e. The first-order chi connectivity index (χ1) is 11.3. The van der Waals surface area contributed by atoms with Gasteiger partial charge in [0.1, 0.15) is 6.33 Å². The van der Waals surface area contributed by atoms with Crippen LogP contribution >= 0.6 is 23.2 Å². The average molecular weight is 389 g/mol. The topological polar surface area (TPSA) is 75.2 Å². The van der Waals surface area contributed by atoms with Crippen molar-refractivity contribution in [3.63, 3.8) is 0 Å². The molecule has 0 atom stereocenters. The van der Waals surface area contributed by atoms with Crippen molar-refractivity contribution in [2.24, 2.45) is 0 Å². The quantitative estimate of drug-likeness (QED) is 0.790. The summed E-state index contributed by atoms with van der Waals surface area (Å²) in [5.41, 5.74) is 1.37. The summed E-state index contributed by atoms with van der Waals surface area (Å²) in [4.78, 5) is 7.84. The summed E-state index contributed by atoms with van der Waals surface area (Å²) in [7, 11) is -3.70. The van der Waals surface area contributed by atoms with Crippen LogP contribution in [0.25, 0.3) is 0 Å². The molecule has 1 aromatic carbocycles. The number of nitrogens with zero attached hydrogens (tertiary/aromatic N) is 3. The number of rotatable bonds is 7. The molecule has 2 rings (SSSR count). The molecule has 1 aromatic heterocycles. The summed E-state index contributed by atoms with van der Waals surface area (Å²) in [5, 5.41) is 0.907. The smallest absolute Gasteiger partial charge is 0.244 e. The third-order valence-corrected chi connectivity index (χ3v) is 5.12. The SMILES string of the molecule is CC(C)NS(=O)(=O)N(Cc1cncnc1)Cc1cc(Cl)cc(Cl)c1. The van der Waals surface area contributed by atoms with Gasteiger partial charge in [0.2, 0.25) is 0 Å². The Kier molecular flexibility index (Phi) is 6.54. The van der Waals surface area contributed by atoms with Crippen molar-refractivity contribution < 1.29 is 8.42 Å². The van der Waals surface area contributed by atoms with Crippen molar-refractivity contribution in [2.75, 3.05) is 0 Å². The van der Waals surface area contributed by atoms with Gasteiger partial charge in [0, 0.05) is 47.1 Å². The van der Waals surface area contributed by atoms with Gasteiger partial charge in [-0.05, 0) is 37.6 Å². The van der Waals surface area contributed by atoms with E-state index < -0.39 is 10.2 Å². The average Bonchev–Trinajstić information content (AvgIpc) is 2.45. The molecular formula is C15H18Cl2N4O2S. The van der Waals surface area contributed by atoms with Crippen molar-refractivity contribution in [3.05, 3.63) is 58.1 Å². The minimum atomic E-state index is -3.70. The van der Waals surface area contributed by atoms with Gasteiger partial charge in [-0.3, -0.25) is 0 Å². The Morgan fingerprint density at radius 2 is 1.58 bits per heavy atom. The zero-order valence-electron chi connectivity index (χ0n) is 13.3. The standard InChI is InChI=1S/C15H18Cl2N4O2S/c1-11(2)20-24(22,23)21(9-13-6-18-10-19-7-13)8-12-3-14(16)5-15(17)4-12/h3-7,10-11,20H,8-9H2,1-2H3. The highest BCUT2D eigenvalue weighted by Gasteiger charge is 2.23. The fourth-order valence-corrected chi connectivity index (χ4v) is 4.07. The fraction of sp³-hybridized carbons (Fsp3) is 0.333. The van der Waals surface area contributed by atoms with Crippen LogP contribution in [0.4, 0.5) is 0 Å². The van der Waals surface area contributed by atoms with Crippen molar-refractivity contribution >= 4 is 33.4 Å². The number of benzene rings is 1. The van der Waals surface area contributed by atoms with Crippen LogP contribution < -0.4 is 4.72 Å². The summed E-state index contributed by atoms with van der Waals surface area (Å²) >= 11 is 12.0. The lowest BCUT2D eigenvalue weighted by Gasteiger charge is -2.24. The molecular weight excluding hydrogens is 371 g/mol. The molecule has 0 fully saturated rings. The zero-order valence-corrected chi connectivity index (χ0v) is 15.6. The van der Waals surface area contributed by atoms with E-state index in [1.807, 2.05) is 0 Å². The van der Waals surface area contributed by atoms with Crippen LogP contribution in [0, 0.1) is 0 Å². The summed E-state index contributed by atoms with van der Waals surface area (Å²) in [6.07, 6.45) is 4.55. The molecule has 1 N–H and O–H groups in total. The molecule has 24 heavy (non-hydrogen) atoms. The predicted molar refractivity (Wildman–Crippen MR) is 94.9 cm³/mol. The van der Waals surface area contributed by atoms with Crippen LogP contribution in [0.1, 0.15) is 25.0 Å². The maximum atomic E-state index is 12.6. The number of nitrogens with one attached hydrogen (secondary N) is 1. The second kappa shape index (κ2) is 8.22. The van der Waals surface area contributed by atoms with Gasteiger partial charge < -0.3 is 0 Å². The third-order valence-electron chi connectivity index (χ3n) is 2.98. The van der Waals surface area contributed by atoms with E-state index in [1.54, 1.807) is 44.4 Å². The number of hydrogen-bond acceptors (Lipinski definition) is 4. The van der Waals surface area contributed by atoms with Crippen molar-refractivity contribution in [3.8, 4) is 0 Å². The predicted octanol–water partition coefficient (Wildman–Crippen LogP) is 3.03. The Bertz CT molecular complexity index is 765. The maximum absolute atomic E-state index is 12.6. The van der Waals surface area contributed by atoms with Gasteiger partial charge in [-0.25, -0.2) is 9.97 Å². The van der Waals surface area contributed by atoms with Crippen molar-refractivity contribution in [1.82, 2.24) is 19.0 Å². The second-order valence-electron chi connectivity index (χ2n) is 5.57. The highest BCUT2D eigenvalue weighted by atomic mass is 35.5. The lowest BCUT2D eigenvalue weighted by atomic mass is 10.2. The van der Waals surface area contributed by atoms with E-state index in [1.165, 1.54) is 10.6 Å². The summed E-state index contributed by atoms with van der Waals surface area (Å²) in [6, 6.07) is 4.75. The molecule has 0 unspecified atom stereocenters. The van der Waals surface area contributed by atoms with Crippen LogP contribution in [-0.4, -0.2) is 28.7 Å². The van der Waals surface area contributed by atoms with Gasteiger partial charge in [0.15, 0.2) is 0 Å². The lowest BCUT2D eigenvalue weighted by molar-refractivity contribution is 0.388. The Morgan fingerprint density at radius 3 is 2.12 bits per heavy atom. The minimum absolute atomic E-state index is 0.122. The van der Waals surface area contributed by atoms with Crippen LogP contribution in [0.15, 0.2) is 36.9 Å². The van der Waals surface area contributed by atoms with Crippen LogP contribution in [0.5, 0.6) is 0 Å². The molecule has 0 amide bonds. The van der Waals surface area contributed by atoms with Gasteiger partial charge in [-0.1, -0.05) is 23.2 Å². The van der Waals surface area contributed by atoms with E-state index in [4.69, 9.17) is 23.2 Å². The molecule has 130 valence electrons. The lowest BCUT2D eigenvalue weighted by Crippen LogP contribution is -2.42. The van der Waals surface area contributed by atoms with Gasteiger partial charge in [-0.2, -0.15) is 17.4 Å². The molecule has 0 aliphatic carbocycles. The van der Waals surface area contributed by atoms with E-state index in [2.05, 4.69) is 14.7 Å². The summed E-state index contributed by atoms with van der Waals surface area (Å²) in [5.74, 6) is 0. The van der Waals surface area contributed by atoms with Gasteiger partial charge >= 0.3 is 0 Å². The van der Waals surface area contributed by atoms with E-state index in [0.717, 1.165) is 0 Å². The molecule has 0 aliphatic rings. The monoisotopic (exact) mass is 388 g/mol. The zero-order chi connectivity index (χ0) is 17.7. The molecule has 0 aliphatic heterocycles. The van der Waals surface area contributed by atoms with Crippen molar-refractivity contribution in [1.29, 1.82) is 0 Å². The van der Waals surface area contributed by atoms with Gasteiger partial charge in [0.25, 0.3) is 10.2 Å². The number of hydrogen-bond donors (Lipinski definition) is 1. The first-order valence-corrected chi connectivity index (χ1v) is 9.42. The molecule has 1 heterocycles. The molecule has 0 spiro atoms. The number of aromatic nitrogens is 2. The Hall–Kier alpha value is -1.25. The molecule has 0 saturated heterocycles. The molecule has 0 radical (unpaired) electrons. The van der Waals surface area contributed by atoms with Crippen LogP contribution in [0.3, 0.4) is 0 Å². The highest BCUT2D eigenvalue weighted by Crippen LogP contribution is 2.21. The Morgan fingerprint density at radius 1 is 1.04 bits per heavy atom. The molecule has 0 saturated carbocycles. The number of halogens is 2. The Balaban J connectivity index is 2.31. The van der Waals surface area contributed by atoms with E-state index in [-0.39, 0.29) is 19.1 Å². The first-order valence-electron chi connectivity index (χ1n) is 7.22. The molecule has 9 heteroatoms. The van der Waals surface area contributed by atoms with Gasteiger partial charge in [-0.15, -0.1) is 0 Å². The third kappa shape index (κ3) is 5.68. The van der Waals surface area contributed by atoms with Crippen LogP contribution in [0.2, 0.25) is 10.0 Å². The molecule has 6 nitrogen and oxygen atoms in total. The van der Waals surface area contributed by atoms with E-state index in [0.29, 0.717) is 21.2 Å². The maximum Gasteiger partial charge on any atom is 0.280 e. The largest absolute Gasteiger partial charge is 0.280 e. The van der Waals surface area contributed by atoms with Crippen LogP contribution in [-0.2, 0) is 23.3 Å². The highest BCUT2D eigenvalue weighted by molar-refractivity contribution is 7.87. The fourth-order valence-electron chi connectivity index (χ4n) is 2.12. The summed E-state index contributed by atoms with van der Waals surface area (Å²) < 4.78 is 29.1. The van der Waals surface area contributed by atoms with E-state index in [9.17, 15) is 8.42 Å². The second-order valence-corrected chi connectivity index (χ2v) is 8.15.